The maximum absolute atomic E-state index is 13.0. The molecule has 36 heavy (non-hydrogen) atoms. The first-order valence-electron chi connectivity index (χ1n) is 10.7. The number of benzene rings is 1. The fourth-order valence-corrected chi connectivity index (χ4v) is 4.26. The maximum Gasteiger partial charge on any atom is 0.291 e. The molecule has 0 atom stereocenters. The lowest BCUT2D eigenvalue weighted by atomic mass is 10.3. The van der Waals surface area contributed by atoms with Crippen molar-refractivity contribution in [3.05, 3.63) is 74.6 Å². The van der Waals surface area contributed by atoms with Crippen LogP contribution in [0, 0.1) is 6.92 Å². The molecule has 2 N–H and O–H groups in total. The Hall–Kier alpha value is -3.47. The molecular formula is C23H21Cl3N6O4. The zero-order valence-electron chi connectivity index (χ0n) is 19.4. The molecule has 3 aromatic heterocycles. The van der Waals surface area contributed by atoms with E-state index in [4.69, 9.17) is 44.0 Å². The summed E-state index contributed by atoms with van der Waals surface area (Å²) in [5.41, 5.74) is 1.76. The minimum atomic E-state index is -0.564. The van der Waals surface area contributed by atoms with E-state index in [1.807, 2.05) is 13.8 Å². The van der Waals surface area contributed by atoms with Crippen LogP contribution >= 0.6 is 34.8 Å². The number of carbonyl (C=O) groups excluding carboxylic acids is 2. The van der Waals surface area contributed by atoms with Crippen molar-refractivity contribution in [1.82, 2.24) is 19.6 Å². The van der Waals surface area contributed by atoms with Crippen molar-refractivity contribution in [1.29, 1.82) is 0 Å². The lowest BCUT2D eigenvalue weighted by Crippen LogP contribution is -2.21. The fraction of sp³-hybridized carbons (Fsp3) is 0.217. The van der Waals surface area contributed by atoms with Gasteiger partial charge in [0.15, 0.2) is 11.5 Å². The van der Waals surface area contributed by atoms with Gasteiger partial charge in [0.25, 0.3) is 11.8 Å². The first kappa shape index (κ1) is 25.6. The molecule has 3 heterocycles. The highest BCUT2D eigenvalue weighted by atomic mass is 35.5. The van der Waals surface area contributed by atoms with Gasteiger partial charge in [0, 0.05) is 18.6 Å². The van der Waals surface area contributed by atoms with Crippen LogP contribution in [0.2, 0.25) is 15.1 Å². The summed E-state index contributed by atoms with van der Waals surface area (Å²) in [6.07, 6.45) is 2.96. The van der Waals surface area contributed by atoms with Crippen molar-refractivity contribution in [3.63, 3.8) is 0 Å². The van der Waals surface area contributed by atoms with Gasteiger partial charge in [-0.1, -0.05) is 34.8 Å². The number of halogens is 3. The van der Waals surface area contributed by atoms with Gasteiger partial charge >= 0.3 is 0 Å². The lowest BCUT2D eigenvalue weighted by molar-refractivity contribution is 0.0992. The zero-order chi connectivity index (χ0) is 26.0. The Bertz CT molecular complexity index is 1420. The Labute approximate surface area is 221 Å². The number of anilines is 2. The van der Waals surface area contributed by atoms with Crippen molar-refractivity contribution in [2.24, 2.45) is 7.05 Å². The molecule has 0 aliphatic heterocycles. The molecular weight excluding hydrogens is 531 g/mol. The third-order valence-electron chi connectivity index (χ3n) is 5.29. The number of aryl methyl sites for hydroxylation is 2. The number of hydrogen-bond donors (Lipinski definition) is 2. The van der Waals surface area contributed by atoms with E-state index < -0.39 is 11.8 Å². The van der Waals surface area contributed by atoms with Crippen LogP contribution in [0.15, 0.2) is 41.1 Å². The minimum absolute atomic E-state index is 0.0145. The van der Waals surface area contributed by atoms with Gasteiger partial charge in [-0.05, 0) is 38.1 Å². The van der Waals surface area contributed by atoms with E-state index >= 15 is 0 Å². The number of furan rings is 1. The summed E-state index contributed by atoms with van der Waals surface area (Å²) < 4.78 is 14.4. The van der Waals surface area contributed by atoms with E-state index in [9.17, 15) is 9.59 Å². The van der Waals surface area contributed by atoms with Crippen molar-refractivity contribution in [3.8, 4) is 5.75 Å². The highest BCUT2D eigenvalue weighted by molar-refractivity contribution is 6.40. The van der Waals surface area contributed by atoms with Crippen LogP contribution in [-0.2, 0) is 20.2 Å². The van der Waals surface area contributed by atoms with Gasteiger partial charge in [0.05, 0.1) is 39.5 Å². The van der Waals surface area contributed by atoms with Crippen LogP contribution in [0.4, 0.5) is 11.4 Å². The van der Waals surface area contributed by atoms with Crippen molar-refractivity contribution < 1.29 is 18.7 Å². The van der Waals surface area contributed by atoms with Crippen molar-refractivity contribution in [2.75, 3.05) is 10.6 Å². The Morgan fingerprint density at radius 2 is 1.69 bits per heavy atom. The van der Waals surface area contributed by atoms with Crippen molar-refractivity contribution in [2.45, 2.75) is 27.0 Å². The molecule has 188 valence electrons. The molecule has 0 saturated heterocycles. The monoisotopic (exact) mass is 550 g/mol. The zero-order valence-corrected chi connectivity index (χ0v) is 21.7. The highest BCUT2D eigenvalue weighted by Crippen LogP contribution is 2.36. The van der Waals surface area contributed by atoms with Gasteiger partial charge in [0.2, 0.25) is 0 Å². The smallest absolute Gasteiger partial charge is 0.291 e. The molecule has 0 unspecified atom stereocenters. The average Bonchev–Trinajstić information content (AvgIpc) is 3.54. The van der Waals surface area contributed by atoms with Gasteiger partial charge in [-0.25, -0.2) is 0 Å². The topological polar surface area (TPSA) is 116 Å². The summed E-state index contributed by atoms with van der Waals surface area (Å²) >= 11 is 18.2. The summed E-state index contributed by atoms with van der Waals surface area (Å²) in [7, 11) is 1.77. The number of nitrogens with one attached hydrogen (secondary N) is 2. The second-order valence-corrected chi connectivity index (χ2v) is 8.90. The number of rotatable bonds is 8. The lowest BCUT2D eigenvalue weighted by Gasteiger charge is -2.10. The Morgan fingerprint density at radius 1 is 1.03 bits per heavy atom. The molecule has 0 saturated carbocycles. The Kier molecular flexibility index (Phi) is 7.58. The number of amides is 2. The largest absolute Gasteiger partial charge is 0.483 e. The first-order valence-corrected chi connectivity index (χ1v) is 11.8. The predicted octanol–water partition coefficient (Wildman–Crippen LogP) is 5.58. The summed E-state index contributed by atoms with van der Waals surface area (Å²) in [6, 6.07) is 6.08. The molecule has 0 bridgehead atoms. The number of ether oxygens (including phenoxy) is 1. The molecule has 2 amide bonds. The van der Waals surface area contributed by atoms with Gasteiger partial charge in [-0.2, -0.15) is 10.2 Å². The van der Waals surface area contributed by atoms with E-state index in [1.54, 1.807) is 24.0 Å². The van der Waals surface area contributed by atoms with E-state index in [2.05, 4.69) is 20.8 Å². The van der Waals surface area contributed by atoms with Crippen molar-refractivity contribution >= 4 is 58.0 Å². The predicted molar refractivity (Wildman–Crippen MR) is 136 cm³/mol. The second kappa shape index (κ2) is 10.7. The average molecular weight is 552 g/mol. The van der Waals surface area contributed by atoms with Crippen LogP contribution in [0.1, 0.15) is 39.4 Å². The van der Waals surface area contributed by atoms with E-state index in [0.717, 1.165) is 5.69 Å². The third kappa shape index (κ3) is 5.35. The fourth-order valence-electron chi connectivity index (χ4n) is 3.33. The molecule has 1 aromatic carbocycles. The van der Waals surface area contributed by atoms with Crippen LogP contribution in [0.25, 0.3) is 0 Å². The summed E-state index contributed by atoms with van der Waals surface area (Å²) in [4.78, 5) is 25.9. The SMILES string of the molecule is CCn1ncc(NC(=O)c2ccc(COc3c(Cl)cc(Cl)cc3Cl)o2)c1C(=O)Nc1cnn(C)c1C. The molecule has 0 spiro atoms. The molecule has 0 radical (unpaired) electrons. The third-order valence-corrected chi connectivity index (χ3v) is 6.07. The van der Waals surface area contributed by atoms with Gasteiger partial charge in [-0.15, -0.1) is 0 Å². The van der Waals surface area contributed by atoms with Gasteiger partial charge in [0.1, 0.15) is 18.1 Å². The maximum atomic E-state index is 13.0. The van der Waals surface area contributed by atoms with E-state index in [1.165, 1.54) is 29.1 Å². The molecule has 10 nitrogen and oxygen atoms in total. The summed E-state index contributed by atoms with van der Waals surface area (Å²) in [6.45, 7) is 4.06. The first-order chi connectivity index (χ1) is 17.2. The van der Waals surface area contributed by atoms with E-state index in [-0.39, 0.29) is 39.5 Å². The molecule has 0 fully saturated rings. The second-order valence-electron chi connectivity index (χ2n) is 7.65. The molecule has 4 aromatic rings. The molecule has 4 rings (SSSR count). The summed E-state index contributed by atoms with van der Waals surface area (Å²) in [5.74, 6) is -0.384. The Balaban J connectivity index is 1.46. The van der Waals surface area contributed by atoms with Crippen LogP contribution in [0.3, 0.4) is 0 Å². The van der Waals surface area contributed by atoms with Crippen LogP contribution in [0.5, 0.6) is 5.75 Å². The standard InChI is InChI=1S/C23H21Cl3N6O4/c1-4-32-20(23(34)29-17-9-27-31(3)12(17)2)18(10-28-32)30-22(33)19-6-5-14(36-19)11-35-21-15(25)7-13(24)8-16(21)26/h5-10H,4,11H2,1-3H3,(H,29,34)(H,30,33). The van der Waals surface area contributed by atoms with Crippen LogP contribution < -0.4 is 15.4 Å². The van der Waals surface area contributed by atoms with Gasteiger partial charge < -0.3 is 19.8 Å². The number of nitrogens with zero attached hydrogens (tertiary/aromatic N) is 4. The molecule has 0 aliphatic rings. The number of carbonyl (C=O) groups is 2. The Morgan fingerprint density at radius 3 is 2.33 bits per heavy atom. The quantitative estimate of drug-likeness (QED) is 0.295. The van der Waals surface area contributed by atoms with Crippen LogP contribution in [-0.4, -0.2) is 31.4 Å². The molecule has 0 aliphatic carbocycles. The summed E-state index contributed by atoms with van der Waals surface area (Å²) in [5, 5.41) is 14.7. The highest BCUT2D eigenvalue weighted by Gasteiger charge is 2.23. The van der Waals surface area contributed by atoms with Gasteiger partial charge in [-0.3, -0.25) is 19.0 Å². The minimum Gasteiger partial charge on any atom is -0.483 e. The number of aromatic nitrogens is 4. The van der Waals surface area contributed by atoms with E-state index in [0.29, 0.717) is 23.0 Å². The number of hydrogen-bond acceptors (Lipinski definition) is 6. The molecule has 13 heteroatoms. The normalized spacial score (nSPS) is 10.9.